The summed E-state index contributed by atoms with van der Waals surface area (Å²) in [5, 5.41) is 17.2. The molecule has 1 aromatic heterocycles. The molecule has 2 rings (SSSR count). The van der Waals surface area contributed by atoms with Gasteiger partial charge in [0.25, 0.3) is 0 Å². The molecule has 0 saturated carbocycles. The number of fused-ring (bicyclic) bond motifs is 1. The smallest absolute Gasteiger partial charge is 0.311 e. The van der Waals surface area contributed by atoms with Crippen LogP contribution in [0.3, 0.4) is 0 Å². The summed E-state index contributed by atoms with van der Waals surface area (Å²) in [5.41, 5.74) is 6.07. The molecular formula is C12H12N2O2S. The Morgan fingerprint density at radius 1 is 1.47 bits per heavy atom. The van der Waals surface area contributed by atoms with Crippen molar-refractivity contribution in [3.05, 3.63) is 34.7 Å². The van der Waals surface area contributed by atoms with E-state index < -0.39 is 11.9 Å². The van der Waals surface area contributed by atoms with Crippen molar-refractivity contribution in [2.24, 2.45) is 5.73 Å². The topological polar surface area (TPSA) is 87.2 Å². The highest BCUT2D eigenvalue weighted by molar-refractivity contribution is 7.19. The molecule has 1 atom stereocenters. The summed E-state index contributed by atoms with van der Waals surface area (Å²) < 4.78 is 1.01. The maximum Gasteiger partial charge on any atom is 0.311 e. The fourth-order valence-corrected chi connectivity index (χ4v) is 2.66. The molecule has 2 aromatic rings. The van der Waals surface area contributed by atoms with Crippen LogP contribution in [0.5, 0.6) is 0 Å². The number of hydrogen-bond acceptors (Lipinski definition) is 3. The predicted octanol–water partition coefficient (Wildman–Crippen LogP) is 2.37. The van der Waals surface area contributed by atoms with Gasteiger partial charge in [-0.05, 0) is 36.6 Å². The summed E-state index contributed by atoms with van der Waals surface area (Å²) in [7, 11) is 0. The van der Waals surface area contributed by atoms with Crippen molar-refractivity contribution >= 4 is 33.2 Å². The first kappa shape index (κ1) is 11.6. The lowest BCUT2D eigenvalue weighted by molar-refractivity contribution is -0.138. The van der Waals surface area contributed by atoms with E-state index in [0.717, 1.165) is 15.0 Å². The molecule has 0 aliphatic carbocycles. The first-order valence-electron chi connectivity index (χ1n) is 5.09. The van der Waals surface area contributed by atoms with E-state index in [2.05, 4.69) is 0 Å². The molecule has 17 heavy (non-hydrogen) atoms. The van der Waals surface area contributed by atoms with Crippen LogP contribution in [-0.4, -0.2) is 16.9 Å². The van der Waals surface area contributed by atoms with Crippen LogP contribution in [0.15, 0.2) is 24.3 Å². The Kier molecular flexibility index (Phi) is 2.85. The number of nitrogens with two attached hydrogens (primary N) is 1. The monoisotopic (exact) mass is 248 g/mol. The number of thiophene rings is 1. The van der Waals surface area contributed by atoms with Crippen molar-refractivity contribution in [3.63, 3.8) is 0 Å². The van der Waals surface area contributed by atoms with Gasteiger partial charge in [0.05, 0.1) is 5.92 Å². The van der Waals surface area contributed by atoms with E-state index in [9.17, 15) is 4.79 Å². The molecule has 0 radical (unpaired) electrons. The third kappa shape index (κ3) is 2.14. The third-order valence-electron chi connectivity index (χ3n) is 2.64. The van der Waals surface area contributed by atoms with Gasteiger partial charge in [-0.15, -0.1) is 11.3 Å². The number of nitrogens with one attached hydrogen (secondary N) is 1. The van der Waals surface area contributed by atoms with Gasteiger partial charge in [0, 0.05) is 15.1 Å². The minimum absolute atomic E-state index is 0.0194. The van der Waals surface area contributed by atoms with Crippen LogP contribution in [0.4, 0.5) is 0 Å². The summed E-state index contributed by atoms with van der Waals surface area (Å²) in [5.74, 6) is -1.32. The van der Waals surface area contributed by atoms with E-state index in [4.69, 9.17) is 16.2 Å². The van der Waals surface area contributed by atoms with Crippen LogP contribution in [0.1, 0.15) is 23.3 Å². The van der Waals surface area contributed by atoms with Crippen LogP contribution in [0.25, 0.3) is 10.1 Å². The Morgan fingerprint density at radius 3 is 2.76 bits per heavy atom. The molecule has 1 heterocycles. The van der Waals surface area contributed by atoms with Gasteiger partial charge in [0.2, 0.25) is 0 Å². The molecule has 0 fully saturated rings. The summed E-state index contributed by atoms with van der Waals surface area (Å²) in [4.78, 5) is 11.7. The van der Waals surface area contributed by atoms with Gasteiger partial charge in [-0.1, -0.05) is 0 Å². The SMILES string of the molecule is CC(C(=O)O)c1cc2cc(C(=N)N)ccc2s1. The number of amidine groups is 1. The first-order chi connectivity index (χ1) is 7.99. The highest BCUT2D eigenvalue weighted by atomic mass is 32.1. The second-order valence-corrected chi connectivity index (χ2v) is 4.99. The average molecular weight is 248 g/mol. The van der Waals surface area contributed by atoms with Crippen molar-refractivity contribution in [2.75, 3.05) is 0 Å². The van der Waals surface area contributed by atoms with E-state index in [-0.39, 0.29) is 5.84 Å². The maximum atomic E-state index is 10.9. The van der Waals surface area contributed by atoms with E-state index in [1.54, 1.807) is 13.0 Å². The van der Waals surface area contributed by atoms with Gasteiger partial charge >= 0.3 is 5.97 Å². The predicted molar refractivity (Wildman–Crippen MR) is 68.9 cm³/mol. The van der Waals surface area contributed by atoms with Gasteiger partial charge in [0.15, 0.2) is 0 Å². The normalized spacial score (nSPS) is 12.5. The number of aliphatic carboxylic acids is 1. The zero-order valence-corrected chi connectivity index (χ0v) is 10.0. The molecule has 0 saturated heterocycles. The number of carboxylic acids is 1. The minimum Gasteiger partial charge on any atom is -0.481 e. The zero-order chi connectivity index (χ0) is 12.6. The number of nitrogen functional groups attached to an aromatic ring is 1. The minimum atomic E-state index is -0.830. The molecule has 0 bridgehead atoms. The van der Waals surface area contributed by atoms with Crippen LogP contribution in [-0.2, 0) is 4.79 Å². The van der Waals surface area contributed by atoms with Crippen molar-refractivity contribution in [1.29, 1.82) is 5.41 Å². The lowest BCUT2D eigenvalue weighted by Gasteiger charge is -1.99. The number of hydrogen-bond donors (Lipinski definition) is 3. The molecule has 0 aliphatic rings. The van der Waals surface area contributed by atoms with E-state index in [0.29, 0.717) is 5.56 Å². The fourth-order valence-electron chi connectivity index (χ4n) is 1.57. The lowest BCUT2D eigenvalue weighted by Crippen LogP contribution is -2.10. The standard InChI is InChI=1S/C12H12N2O2S/c1-6(12(15)16)10-5-8-4-7(11(13)14)2-3-9(8)17-10/h2-6H,1H3,(H3,13,14)(H,15,16). The van der Waals surface area contributed by atoms with Crippen molar-refractivity contribution in [3.8, 4) is 0 Å². The Hall–Kier alpha value is -1.88. The maximum absolute atomic E-state index is 10.9. The summed E-state index contributed by atoms with van der Waals surface area (Å²) in [6.07, 6.45) is 0. The van der Waals surface area contributed by atoms with Crippen LogP contribution < -0.4 is 5.73 Å². The second-order valence-electron chi connectivity index (χ2n) is 3.87. The number of carbonyl (C=O) groups is 1. The van der Waals surface area contributed by atoms with Gasteiger partial charge in [-0.2, -0.15) is 0 Å². The summed E-state index contributed by atoms with van der Waals surface area (Å²) in [6.45, 7) is 1.67. The Morgan fingerprint density at radius 2 is 2.18 bits per heavy atom. The van der Waals surface area contributed by atoms with Gasteiger partial charge < -0.3 is 10.8 Å². The molecule has 5 heteroatoms. The highest BCUT2D eigenvalue weighted by Crippen LogP contribution is 2.31. The summed E-state index contributed by atoms with van der Waals surface area (Å²) >= 11 is 1.46. The Balaban J connectivity index is 2.50. The molecule has 4 nitrogen and oxygen atoms in total. The molecule has 4 N–H and O–H groups in total. The third-order valence-corrected chi connectivity index (χ3v) is 3.94. The fraction of sp³-hybridized carbons (Fsp3) is 0.167. The van der Waals surface area contributed by atoms with E-state index >= 15 is 0 Å². The Bertz CT molecular complexity index is 604. The molecule has 88 valence electrons. The highest BCUT2D eigenvalue weighted by Gasteiger charge is 2.16. The van der Waals surface area contributed by atoms with E-state index in [1.165, 1.54) is 11.3 Å². The second kappa shape index (κ2) is 4.18. The van der Waals surface area contributed by atoms with Crippen LogP contribution >= 0.6 is 11.3 Å². The van der Waals surface area contributed by atoms with Gasteiger partial charge in [0.1, 0.15) is 5.84 Å². The number of rotatable bonds is 3. The summed E-state index contributed by atoms with van der Waals surface area (Å²) in [6, 6.07) is 7.31. The van der Waals surface area contributed by atoms with Gasteiger partial charge in [-0.3, -0.25) is 10.2 Å². The average Bonchev–Trinajstić information content (AvgIpc) is 2.69. The van der Waals surface area contributed by atoms with Crippen LogP contribution in [0.2, 0.25) is 0 Å². The van der Waals surface area contributed by atoms with Crippen LogP contribution in [0, 0.1) is 5.41 Å². The zero-order valence-electron chi connectivity index (χ0n) is 9.23. The molecule has 0 spiro atoms. The lowest BCUT2D eigenvalue weighted by atomic mass is 10.1. The van der Waals surface area contributed by atoms with Gasteiger partial charge in [-0.25, -0.2) is 0 Å². The molecule has 1 aromatic carbocycles. The Labute approximate surface area is 102 Å². The quantitative estimate of drug-likeness (QED) is 0.575. The number of benzene rings is 1. The number of carboxylic acid groups (broad SMARTS) is 1. The molecule has 0 aliphatic heterocycles. The molecule has 0 amide bonds. The van der Waals surface area contributed by atoms with E-state index in [1.807, 2.05) is 18.2 Å². The first-order valence-corrected chi connectivity index (χ1v) is 5.91. The van der Waals surface area contributed by atoms with Crippen molar-refractivity contribution < 1.29 is 9.90 Å². The molecule has 1 unspecified atom stereocenters. The molecular weight excluding hydrogens is 236 g/mol. The largest absolute Gasteiger partial charge is 0.481 e. The van der Waals surface area contributed by atoms with Crippen molar-refractivity contribution in [1.82, 2.24) is 0 Å². The van der Waals surface area contributed by atoms with Crippen molar-refractivity contribution in [2.45, 2.75) is 12.8 Å².